The predicted octanol–water partition coefficient (Wildman–Crippen LogP) is 4.39. The minimum absolute atomic E-state index is 0.156. The van der Waals surface area contributed by atoms with Gasteiger partial charge < -0.3 is 20.3 Å². The van der Waals surface area contributed by atoms with Gasteiger partial charge in [0.25, 0.3) is 5.91 Å². The molecule has 5 rings (SSSR count). The van der Waals surface area contributed by atoms with Gasteiger partial charge in [0.15, 0.2) is 0 Å². The predicted molar refractivity (Wildman–Crippen MR) is 122 cm³/mol. The Morgan fingerprint density at radius 1 is 1.10 bits per heavy atom. The van der Waals surface area contributed by atoms with Crippen LogP contribution in [0.5, 0.6) is 0 Å². The van der Waals surface area contributed by atoms with E-state index in [0.29, 0.717) is 11.3 Å². The van der Waals surface area contributed by atoms with Gasteiger partial charge in [-0.3, -0.25) is 4.79 Å². The molecule has 1 aromatic heterocycles. The summed E-state index contributed by atoms with van der Waals surface area (Å²) in [5.41, 5.74) is 5.16. The monoisotopic (exact) mass is 415 g/mol. The lowest BCUT2D eigenvalue weighted by Gasteiger charge is -2.13. The highest BCUT2D eigenvalue weighted by Crippen LogP contribution is 2.34. The number of hydrogen-bond acceptors (Lipinski definition) is 3. The van der Waals surface area contributed by atoms with Gasteiger partial charge in [-0.2, -0.15) is 0 Å². The largest absolute Gasteiger partial charge is 0.478 e. The summed E-state index contributed by atoms with van der Waals surface area (Å²) in [7, 11) is 0. The smallest absolute Gasteiger partial charge is 0.335 e. The fourth-order valence-electron chi connectivity index (χ4n) is 4.58. The molecular formula is C25H25N3O3. The fourth-order valence-corrected chi connectivity index (χ4v) is 4.58. The normalized spacial score (nSPS) is 17.4. The van der Waals surface area contributed by atoms with E-state index in [2.05, 4.69) is 39.5 Å². The van der Waals surface area contributed by atoms with Crippen molar-refractivity contribution in [2.75, 3.05) is 25.0 Å². The molecule has 0 spiro atoms. The minimum atomic E-state index is -1.01. The number of H-pyrrole nitrogens is 1. The highest BCUT2D eigenvalue weighted by Gasteiger charge is 2.25. The number of aryl methyl sites for hydroxylation is 1. The number of aromatic carboxylic acids is 1. The highest BCUT2D eigenvalue weighted by molar-refractivity contribution is 6.35. The molecule has 0 saturated carbocycles. The molecule has 1 amide bonds. The van der Waals surface area contributed by atoms with Crippen LogP contribution in [0.25, 0.3) is 22.6 Å². The first kappa shape index (κ1) is 19.6. The Morgan fingerprint density at radius 3 is 2.74 bits per heavy atom. The van der Waals surface area contributed by atoms with E-state index in [-0.39, 0.29) is 11.5 Å². The summed E-state index contributed by atoms with van der Waals surface area (Å²) in [6.45, 7) is 3.65. The van der Waals surface area contributed by atoms with Gasteiger partial charge in [0.05, 0.1) is 11.1 Å². The molecule has 2 aromatic carbocycles. The molecule has 6 nitrogen and oxygen atoms in total. The quantitative estimate of drug-likeness (QED) is 0.522. The summed E-state index contributed by atoms with van der Waals surface area (Å²) in [4.78, 5) is 29.6. The number of aromatic nitrogens is 1. The molecule has 0 bridgehead atoms. The van der Waals surface area contributed by atoms with E-state index in [4.69, 9.17) is 5.11 Å². The van der Waals surface area contributed by atoms with E-state index < -0.39 is 5.97 Å². The third-order valence-electron chi connectivity index (χ3n) is 6.19. The van der Waals surface area contributed by atoms with Crippen molar-refractivity contribution in [2.45, 2.75) is 25.7 Å². The zero-order valence-corrected chi connectivity index (χ0v) is 17.3. The van der Waals surface area contributed by atoms with Crippen LogP contribution in [0.15, 0.2) is 42.5 Å². The zero-order valence-electron chi connectivity index (χ0n) is 17.3. The first-order valence-corrected chi connectivity index (χ1v) is 10.8. The molecule has 0 radical (unpaired) electrons. The Labute approximate surface area is 180 Å². The number of carboxylic acids is 1. The summed E-state index contributed by atoms with van der Waals surface area (Å²) in [6.07, 6.45) is 6.72. The van der Waals surface area contributed by atoms with E-state index in [0.717, 1.165) is 28.6 Å². The maximum atomic E-state index is 12.5. The molecule has 0 atom stereocenters. The average Bonchev–Trinajstić information content (AvgIpc) is 3.47. The molecule has 0 aliphatic carbocycles. The molecule has 158 valence electrons. The van der Waals surface area contributed by atoms with Crippen LogP contribution in [-0.4, -0.2) is 46.5 Å². The summed E-state index contributed by atoms with van der Waals surface area (Å²) < 4.78 is 0. The number of amides is 1. The van der Waals surface area contributed by atoms with Crippen molar-refractivity contribution in [2.24, 2.45) is 0 Å². The van der Waals surface area contributed by atoms with E-state index in [9.17, 15) is 9.59 Å². The van der Waals surface area contributed by atoms with Gasteiger partial charge in [-0.15, -0.1) is 0 Å². The Kier molecular flexibility index (Phi) is 5.08. The maximum absolute atomic E-state index is 12.5. The van der Waals surface area contributed by atoms with Crippen molar-refractivity contribution >= 4 is 40.1 Å². The van der Waals surface area contributed by atoms with Gasteiger partial charge in [-0.05, 0) is 87.3 Å². The van der Waals surface area contributed by atoms with Crippen LogP contribution in [0.4, 0.5) is 5.69 Å². The van der Waals surface area contributed by atoms with Crippen LogP contribution in [-0.2, 0) is 11.2 Å². The highest BCUT2D eigenvalue weighted by atomic mass is 16.4. The Balaban J connectivity index is 1.35. The Hall–Kier alpha value is -3.38. The van der Waals surface area contributed by atoms with E-state index in [1.807, 2.05) is 6.08 Å². The lowest BCUT2D eigenvalue weighted by Crippen LogP contribution is -2.20. The lowest BCUT2D eigenvalue weighted by molar-refractivity contribution is -0.110. The van der Waals surface area contributed by atoms with Gasteiger partial charge >= 0.3 is 5.97 Å². The number of likely N-dealkylation sites (tertiary alicyclic amines) is 1. The number of rotatable bonds is 6. The number of carbonyl (C=O) groups excluding carboxylic acids is 1. The second kappa shape index (κ2) is 8.04. The van der Waals surface area contributed by atoms with Crippen LogP contribution in [0.2, 0.25) is 0 Å². The molecule has 0 unspecified atom stereocenters. The first-order valence-electron chi connectivity index (χ1n) is 10.8. The third kappa shape index (κ3) is 3.99. The second-order valence-corrected chi connectivity index (χ2v) is 8.38. The summed E-state index contributed by atoms with van der Waals surface area (Å²) >= 11 is 0. The number of carboxylic acid groups (broad SMARTS) is 1. The molecule has 3 aromatic rings. The lowest BCUT2D eigenvalue weighted by atomic mass is 10.0. The molecule has 1 fully saturated rings. The number of anilines is 1. The minimum Gasteiger partial charge on any atom is -0.478 e. The van der Waals surface area contributed by atoms with Crippen molar-refractivity contribution in [3.63, 3.8) is 0 Å². The van der Waals surface area contributed by atoms with Crippen molar-refractivity contribution in [3.8, 4) is 0 Å². The number of aromatic amines is 1. The van der Waals surface area contributed by atoms with Crippen molar-refractivity contribution in [3.05, 3.63) is 64.8 Å². The number of nitrogens with one attached hydrogen (secondary N) is 2. The Morgan fingerprint density at radius 2 is 1.94 bits per heavy atom. The van der Waals surface area contributed by atoms with Crippen molar-refractivity contribution in [1.29, 1.82) is 0 Å². The molecule has 3 N–H and O–H groups in total. The maximum Gasteiger partial charge on any atom is 0.335 e. The van der Waals surface area contributed by atoms with E-state index >= 15 is 0 Å². The van der Waals surface area contributed by atoms with Crippen LogP contribution in [0.3, 0.4) is 0 Å². The van der Waals surface area contributed by atoms with Crippen LogP contribution < -0.4 is 5.32 Å². The third-order valence-corrected chi connectivity index (χ3v) is 6.19. The Bertz CT molecular complexity index is 1200. The summed E-state index contributed by atoms with van der Waals surface area (Å²) in [5, 5.41) is 13.1. The van der Waals surface area contributed by atoms with Gasteiger partial charge in [0, 0.05) is 27.8 Å². The van der Waals surface area contributed by atoms with E-state index in [1.54, 1.807) is 6.07 Å². The van der Waals surface area contributed by atoms with Gasteiger partial charge in [0.2, 0.25) is 0 Å². The van der Waals surface area contributed by atoms with Crippen LogP contribution in [0, 0.1) is 0 Å². The van der Waals surface area contributed by atoms with Gasteiger partial charge in [-0.1, -0.05) is 12.1 Å². The molecular weight excluding hydrogens is 390 g/mol. The SMILES string of the molecule is O=C1Nc2cc(C(=O)O)ccc2C1=Cc1cc2cc(CCCN3CCCC3)ccc2[nH]1. The topological polar surface area (TPSA) is 85.4 Å². The van der Waals surface area contributed by atoms with Gasteiger partial charge in [0.1, 0.15) is 0 Å². The first-order chi connectivity index (χ1) is 15.1. The second-order valence-electron chi connectivity index (χ2n) is 8.38. The summed E-state index contributed by atoms with van der Waals surface area (Å²) in [6, 6.07) is 13.3. The fraction of sp³-hybridized carbons (Fsp3) is 0.280. The number of hydrogen-bond donors (Lipinski definition) is 3. The molecule has 3 heterocycles. The standard InChI is InChI=1S/C25H25N3O3/c29-24-21(20-7-6-17(25(30)31)14-23(20)27-24)15-19-13-18-12-16(5-8-22(18)26-19)4-3-11-28-9-1-2-10-28/h5-8,12-15,26H,1-4,9-11H2,(H,27,29)(H,30,31). The number of nitrogens with zero attached hydrogens (tertiary/aromatic N) is 1. The molecule has 31 heavy (non-hydrogen) atoms. The number of carbonyl (C=O) groups is 2. The van der Waals surface area contributed by atoms with Gasteiger partial charge in [-0.25, -0.2) is 4.79 Å². The zero-order chi connectivity index (χ0) is 21.4. The number of benzene rings is 2. The van der Waals surface area contributed by atoms with Crippen LogP contribution >= 0.6 is 0 Å². The summed E-state index contributed by atoms with van der Waals surface area (Å²) in [5.74, 6) is -1.24. The molecule has 2 aliphatic heterocycles. The van der Waals surface area contributed by atoms with E-state index in [1.165, 1.54) is 56.6 Å². The molecule has 2 aliphatic rings. The number of fused-ring (bicyclic) bond motifs is 2. The average molecular weight is 415 g/mol. The van der Waals surface area contributed by atoms with Crippen LogP contribution in [0.1, 0.15) is 46.4 Å². The van der Waals surface area contributed by atoms with Crippen molar-refractivity contribution in [1.82, 2.24) is 9.88 Å². The molecule has 6 heteroatoms. The van der Waals surface area contributed by atoms with Crippen molar-refractivity contribution < 1.29 is 14.7 Å². The molecule has 1 saturated heterocycles.